The first-order chi connectivity index (χ1) is 17.1. The molecule has 0 fully saturated rings. The molecule has 0 saturated heterocycles. The van der Waals surface area contributed by atoms with Crippen LogP contribution in [0.5, 0.6) is 5.75 Å². The van der Waals surface area contributed by atoms with Gasteiger partial charge in [0.2, 0.25) is 5.91 Å². The third kappa shape index (κ3) is 6.35. The van der Waals surface area contributed by atoms with Crippen LogP contribution in [0.25, 0.3) is 0 Å². The second kappa shape index (κ2) is 11.9. The van der Waals surface area contributed by atoms with Crippen LogP contribution in [0.2, 0.25) is 5.02 Å². The molecule has 1 unspecified atom stereocenters. The highest BCUT2D eigenvalue weighted by atomic mass is 35.5. The Bertz CT molecular complexity index is 1300. The molecule has 36 heavy (non-hydrogen) atoms. The molecule has 1 amide bonds. The van der Waals surface area contributed by atoms with E-state index in [4.69, 9.17) is 25.8 Å². The highest BCUT2D eigenvalue weighted by Crippen LogP contribution is 2.30. The standard InChI is InChI=1S/C24H25ClN4O6S/c1-13-6-9-17(25)19(10-13)35-14(2)21-27-28-24(29(21)3)36-12-20(30)26-18-11-15(22(31)33-4)7-8-16(18)23(32)34-5/h6-11,14H,12H2,1-5H3,(H,26,30). The van der Waals surface area contributed by atoms with Gasteiger partial charge in [0.05, 0.1) is 41.8 Å². The molecule has 0 spiro atoms. The number of aryl methyl sites for hydroxylation is 1. The Labute approximate surface area is 217 Å². The topological polar surface area (TPSA) is 122 Å². The van der Waals surface area contributed by atoms with Crippen molar-refractivity contribution in [2.75, 3.05) is 25.3 Å². The minimum atomic E-state index is -0.657. The molecule has 0 saturated carbocycles. The first-order valence-electron chi connectivity index (χ1n) is 10.7. The number of hydrogen-bond donors (Lipinski definition) is 1. The quantitative estimate of drug-likeness (QED) is 0.319. The van der Waals surface area contributed by atoms with Crippen LogP contribution in [0.1, 0.15) is 45.1 Å². The Morgan fingerprint density at radius 1 is 1.08 bits per heavy atom. The summed E-state index contributed by atoms with van der Waals surface area (Å²) in [6.07, 6.45) is -0.450. The van der Waals surface area contributed by atoms with Gasteiger partial charge in [0.25, 0.3) is 0 Å². The van der Waals surface area contributed by atoms with E-state index in [0.29, 0.717) is 21.8 Å². The van der Waals surface area contributed by atoms with E-state index in [9.17, 15) is 14.4 Å². The van der Waals surface area contributed by atoms with Gasteiger partial charge in [-0.25, -0.2) is 9.59 Å². The third-order valence-electron chi connectivity index (χ3n) is 5.08. The number of amides is 1. The maximum Gasteiger partial charge on any atom is 0.339 e. The molecule has 12 heteroatoms. The van der Waals surface area contributed by atoms with Gasteiger partial charge in [-0.3, -0.25) is 4.79 Å². The molecule has 0 aliphatic heterocycles. The molecule has 1 N–H and O–H groups in total. The number of hydrogen-bond acceptors (Lipinski definition) is 9. The Balaban J connectivity index is 1.69. The SMILES string of the molecule is COC(=O)c1ccc(C(=O)OC)c(NC(=O)CSc2nnc(C(C)Oc3cc(C)ccc3Cl)n2C)c1. The number of nitrogens with zero attached hydrogens (tertiary/aromatic N) is 3. The van der Waals surface area contributed by atoms with E-state index in [1.165, 1.54) is 32.4 Å². The number of carbonyl (C=O) groups is 3. The predicted octanol–water partition coefficient (Wildman–Crippen LogP) is 4.22. The zero-order chi connectivity index (χ0) is 26.4. The van der Waals surface area contributed by atoms with E-state index < -0.39 is 23.9 Å². The van der Waals surface area contributed by atoms with Crippen molar-refractivity contribution < 1.29 is 28.6 Å². The third-order valence-corrected chi connectivity index (χ3v) is 6.41. The number of aromatic nitrogens is 3. The maximum atomic E-state index is 12.7. The molecule has 0 bridgehead atoms. The number of anilines is 1. The molecule has 1 atom stereocenters. The molecule has 1 aromatic heterocycles. The summed E-state index contributed by atoms with van der Waals surface area (Å²) in [6.45, 7) is 3.77. The van der Waals surface area contributed by atoms with Crippen molar-refractivity contribution in [1.82, 2.24) is 14.8 Å². The van der Waals surface area contributed by atoms with Crippen LogP contribution in [0.4, 0.5) is 5.69 Å². The Hall–Kier alpha value is -3.57. The molecule has 1 heterocycles. The van der Waals surface area contributed by atoms with Crippen molar-refractivity contribution in [2.24, 2.45) is 7.05 Å². The highest BCUT2D eigenvalue weighted by molar-refractivity contribution is 7.99. The number of methoxy groups -OCH3 is 2. The van der Waals surface area contributed by atoms with Crippen LogP contribution in [0.3, 0.4) is 0 Å². The number of nitrogens with one attached hydrogen (secondary N) is 1. The van der Waals surface area contributed by atoms with E-state index in [2.05, 4.69) is 15.5 Å². The molecular formula is C24H25ClN4O6S. The summed E-state index contributed by atoms with van der Waals surface area (Å²) < 4.78 is 17.2. The van der Waals surface area contributed by atoms with Crippen molar-refractivity contribution in [3.05, 3.63) is 63.9 Å². The van der Waals surface area contributed by atoms with Gasteiger partial charge in [0, 0.05) is 7.05 Å². The molecule has 0 aliphatic rings. The second-order valence-corrected chi connectivity index (χ2v) is 9.02. The van der Waals surface area contributed by atoms with E-state index in [-0.39, 0.29) is 22.6 Å². The van der Waals surface area contributed by atoms with Gasteiger partial charge in [-0.1, -0.05) is 29.4 Å². The Morgan fingerprint density at radius 3 is 2.50 bits per heavy atom. The molecular weight excluding hydrogens is 508 g/mol. The van der Waals surface area contributed by atoms with Crippen LogP contribution in [-0.2, 0) is 21.3 Å². The smallest absolute Gasteiger partial charge is 0.339 e. The number of ether oxygens (including phenoxy) is 3. The van der Waals surface area contributed by atoms with Gasteiger partial charge >= 0.3 is 11.9 Å². The number of esters is 2. The van der Waals surface area contributed by atoms with Gasteiger partial charge in [0.1, 0.15) is 5.75 Å². The highest BCUT2D eigenvalue weighted by Gasteiger charge is 2.21. The van der Waals surface area contributed by atoms with E-state index in [1.54, 1.807) is 17.7 Å². The number of rotatable bonds is 9. The van der Waals surface area contributed by atoms with E-state index in [0.717, 1.165) is 17.3 Å². The molecule has 190 valence electrons. The lowest BCUT2D eigenvalue weighted by Crippen LogP contribution is -2.18. The first kappa shape index (κ1) is 27.0. The first-order valence-corrected chi connectivity index (χ1v) is 12.1. The lowest BCUT2D eigenvalue weighted by molar-refractivity contribution is -0.113. The second-order valence-electron chi connectivity index (χ2n) is 7.67. The van der Waals surface area contributed by atoms with E-state index in [1.807, 2.05) is 26.0 Å². The number of halogens is 1. The van der Waals surface area contributed by atoms with Crippen molar-refractivity contribution in [3.8, 4) is 5.75 Å². The monoisotopic (exact) mass is 532 g/mol. The van der Waals surface area contributed by atoms with Crippen LogP contribution in [-0.4, -0.2) is 52.6 Å². The molecule has 3 aromatic rings. The Morgan fingerprint density at radius 2 is 1.81 bits per heavy atom. The zero-order valence-electron chi connectivity index (χ0n) is 20.3. The van der Waals surface area contributed by atoms with Gasteiger partial charge in [0.15, 0.2) is 17.1 Å². The van der Waals surface area contributed by atoms with Crippen molar-refractivity contribution >= 4 is 46.9 Å². The van der Waals surface area contributed by atoms with Crippen molar-refractivity contribution in [2.45, 2.75) is 25.1 Å². The fourth-order valence-corrected chi connectivity index (χ4v) is 4.13. The van der Waals surface area contributed by atoms with Gasteiger partial charge in [-0.05, 0) is 49.7 Å². The summed E-state index contributed by atoms with van der Waals surface area (Å²) in [4.78, 5) is 36.6. The summed E-state index contributed by atoms with van der Waals surface area (Å²) in [5.41, 5.74) is 1.42. The minimum absolute atomic E-state index is 0.0337. The number of thioether (sulfide) groups is 1. The van der Waals surface area contributed by atoms with Crippen LogP contribution in [0, 0.1) is 6.92 Å². The van der Waals surface area contributed by atoms with Gasteiger partial charge < -0.3 is 24.1 Å². The average molecular weight is 533 g/mol. The fourth-order valence-electron chi connectivity index (χ4n) is 3.25. The molecule has 3 rings (SSSR count). The molecule has 0 radical (unpaired) electrons. The number of carbonyl (C=O) groups excluding carboxylic acids is 3. The van der Waals surface area contributed by atoms with Crippen LogP contribution < -0.4 is 10.1 Å². The molecule has 2 aromatic carbocycles. The minimum Gasteiger partial charge on any atom is -0.481 e. The van der Waals surface area contributed by atoms with Gasteiger partial charge in [-0.2, -0.15) is 0 Å². The van der Waals surface area contributed by atoms with Crippen LogP contribution >= 0.6 is 23.4 Å². The number of benzene rings is 2. The largest absolute Gasteiger partial charge is 0.481 e. The molecule has 0 aliphatic carbocycles. The lowest BCUT2D eigenvalue weighted by atomic mass is 10.1. The lowest BCUT2D eigenvalue weighted by Gasteiger charge is -2.15. The summed E-state index contributed by atoms with van der Waals surface area (Å²) in [5.74, 6) is -0.632. The summed E-state index contributed by atoms with van der Waals surface area (Å²) in [7, 11) is 4.23. The predicted molar refractivity (Wildman–Crippen MR) is 135 cm³/mol. The normalized spacial score (nSPS) is 11.5. The van der Waals surface area contributed by atoms with E-state index >= 15 is 0 Å². The maximum absolute atomic E-state index is 12.7. The van der Waals surface area contributed by atoms with Gasteiger partial charge in [-0.15, -0.1) is 10.2 Å². The fraction of sp³-hybridized carbons (Fsp3) is 0.292. The summed E-state index contributed by atoms with van der Waals surface area (Å²) in [6, 6.07) is 9.65. The van der Waals surface area contributed by atoms with Crippen molar-refractivity contribution in [1.29, 1.82) is 0 Å². The zero-order valence-corrected chi connectivity index (χ0v) is 21.9. The van der Waals surface area contributed by atoms with Crippen LogP contribution in [0.15, 0.2) is 41.6 Å². The van der Waals surface area contributed by atoms with Crippen molar-refractivity contribution in [3.63, 3.8) is 0 Å². The summed E-state index contributed by atoms with van der Waals surface area (Å²) >= 11 is 7.38. The summed E-state index contributed by atoms with van der Waals surface area (Å²) in [5, 5.41) is 12.0. The average Bonchev–Trinajstić information content (AvgIpc) is 3.24. The molecule has 10 nitrogen and oxygen atoms in total. The Kier molecular flexibility index (Phi) is 8.94.